The molecule has 2 aliphatic heterocycles. The van der Waals surface area contributed by atoms with E-state index in [1.54, 1.807) is 0 Å². The van der Waals surface area contributed by atoms with Crippen LogP contribution in [-0.4, -0.2) is 74.4 Å². The van der Waals surface area contributed by atoms with E-state index in [1.165, 1.54) is 31.2 Å². The Balaban J connectivity index is 1.29. The largest absolute Gasteiger partial charge is 0.348 e. The van der Waals surface area contributed by atoms with Crippen molar-refractivity contribution in [2.75, 3.05) is 44.2 Å². The lowest BCUT2D eigenvalue weighted by atomic mass is 9.91. The minimum Gasteiger partial charge on any atom is -0.348 e. The van der Waals surface area contributed by atoms with Crippen molar-refractivity contribution in [3.8, 4) is 0 Å². The maximum atomic E-state index is 12.8. The summed E-state index contributed by atoms with van der Waals surface area (Å²) in [6.07, 6.45) is 5.63. The molecule has 3 aliphatic rings. The highest BCUT2D eigenvalue weighted by Crippen LogP contribution is 2.35. The second-order valence-corrected chi connectivity index (χ2v) is 11.1. The fourth-order valence-electron chi connectivity index (χ4n) is 5.20. The van der Waals surface area contributed by atoms with Crippen LogP contribution in [0.15, 0.2) is 30.3 Å². The van der Waals surface area contributed by atoms with Gasteiger partial charge in [0.2, 0.25) is 5.91 Å². The molecule has 3 fully saturated rings. The molecule has 1 aromatic rings. The summed E-state index contributed by atoms with van der Waals surface area (Å²) in [6, 6.07) is 10.6. The van der Waals surface area contributed by atoms with Crippen molar-refractivity contribution >= 4 is 15.7 Å². The summed E-state index contributed by atoms with van der Waals surface area (Å²) in [5.74, 6) is 1.25. The first kappa shape index (κ1) is 20.8. The summed E-state index contributed by atoms with van der Waals surface area (Å²) in [5.41, 5.74) is 1.21. The van der Waals surface area contributed by atoms with Crippen molar-refractivity contribution < 1.29 is 13.2 Å². The van der Waals surface area contributed by atoms with Gasteiger partial charge in [0.25, 0.3) is 0 Å². The number of rotatable bonds is 6. The van der Waals surface area contributed by atoms with Crippen LogP contribution in [0.1, 0.15) is 43.7 Å². The maximum Gasteiger partial charge on any atom is 0.234 e. The van der Waals surface area contributed by atoms with Crippen molar-refractivity contribution in [1.82, 2.24) is 15.1 Å². The molecule has 2 heterocycles. The number of amides is 1. The first-order valence-electron chi connectivity index (χ1n) is 11.0. The van der Waals surface area contributed by atoms with Crippen LogP contribution in [0.25, 0.3) is 0 Å². The SMILES string of the molecule is O=C(CN1CCN(C2CCS(=O)(=O)C2)CC1)NC(c1ccccc1)C1CCCC1. The molecule has 1 saturated carbocycles. The molecule has 1 aromatic carbocycles. The van der Waals surface area contributed by atoms with E-state index < -0.39 is 9.84 Å². The van der Waals surface area contributed by atoms with Gasteiger partial charge in [0, 0.05) is 32.2 Å². The summed E-state index contributed by atoms with van der Waals surface area (Å²) >= 11 is 0. The summed E-state index contributed by atoms with van der Waals surface area (Å²) in [4.78, 5) is 17.3. The highest BCUT2D eigenvalue weighted by Gasteiger charge is 2.34. The minimum absolute atomic E-state index is 0.0997. The van der Waals surface area contributed by atoms with Gasteiger partial charge in [-0.3, -0.25) is 14.6 Å². The van der Waals surface area contributed by atoms with Crippen LogP contribution in [0.4, 0.5) is 0 Å². The zero-order chi connectivity index (χ0) is 20.3. The fraction of sp³-hybridized carbons (Fsp3) is 0.682. The van der Waals surface area contributed by atoms with Gasteiger partial charge in [-0.05, 0) is 30.7 Å². The molecule has 29 heavy (non-hydrogen) atoms. The molecule has 0 bridgehead atoms. The van der Waals surface area contributed by atoms with Crippen molar-refractivity contribution in [3.05, 3.63) is 35.9 Å². The third-order valence-corrected chi connectivity index (χ3v) is 8.60. The lowest BCUT2D eigenvalue weighted by molar-refractivity contribution is -0.123. The Hall–Kier alpha value is -1.44. The number of nitrogens with one attached hydrogen (secondary N) is 1. The van der Waals surface area contributed by atoms with Gasteiger partial charge < -0.3 is 5.32 Å². The molecule has 1 amide bonds. The van der Waals surface area contributed by atoms with E-state index in [4.69, 9.17) is 0 Å². The van der Waals surface area contributed by atoms with Crippen molar-refractivity contribution in [2.24, 2.45) is 5.92 Å². The first-order valence-corrected chi connectivity index (χ1v) is 12.8. The molecule has 1 aliphatic carbocycles. The highest BCUT2D eigenvalue weighted by atomic mass is 32.2. The number of hydrogen-bond donors (Lipinski definition) is 1. The lowest BCUT2D eigenvalue weighted by Crippen LogP contribution is -2.53. The fourth-order valence-corrected chi connectivity index (χ4v) is 6.96. The van der Waals surface area contributed by atoms with E-state index in [1.807, 2.05) is 18.2 Å². The van der Waals surface area contributed by atoms with Crippen LogP contribution >= 0.6 is 0 Å². The average molecular weight is 420 g/mol. The van der Waals surface area contributed by atoms with E-state index in [9.17, 15) is 13.2 Å². The van der Waals surface area contributed by atoms with Gasteiger partial charge in [0.15, 0.2) is 9.84 Å². The number of benzene rings is 1. The van der Waals surface area contributed by atoms with E-state index in [0.29, 0.717) is 24.0 Å². The Morgan fingerprint density at radius 3 is 2.34 bits per heavy atom. The topological polar surface area (TPSA) is 69.7 Å². The molecule has 7 heteroatoms. The average Bonchev–Trinajstić information content (AvgIpc) is 3.37. The molecule has 2 atom stereocenters. The zero-order valence-corrected chi connectivity index (χ0v) is 17.9. The smallest absolute Gasteiger partial charge is 0.234 e. The Kier molecular flexibility index (Phi) is 6.56. The molecule has 2 saturated heterocycles. The standard InChI is InChI=1S/C22H33N3O3S/c26-21(23-22(19-8-4-5-9-19)18-6-2-1-3-7-18)16-24-11-13-25(14-12-24)20-10-15-29(27,28)17-20/h1-3,6-7,19-20,22H,4-5,8-17H2,(H,23,26). The van der Waals surface area contributed by atoms with E-state index in [-0.39, 0.29) is 18.0 Å². The van der Waals surface area contributed by atoms with Gasteiger partial charge >= 0.3 is 0 Å². The summed E-state index contributed by atoms with van der Waals surface area (Å²) in [5, 5.41) is 3.33. The summed E-state index contributed by atoms with van der Waals surface area (Å²) in [7, 11) is -2.84. The predicted molar refractivity (Wildman–Crippen MR) is 114 cm³/mol. The third kappa shape index (κ3) is 5.38. The number of nitrogens with zero attached hydrogens (tertiary/aromatic N) is 2. The molecule has 0 aromatic heterocycles. The predicted octanol–water partition coefficient (Wildman–Crippen LogP) is 1.84. The Morgan fingerprint density at radius 2 is 1.72 bits per heavy atom. The minimum atomic E-state index is -2.84. The van der Waals surface area contributed by atoms with E-state index in [0.717, 1.165) is 32.6 Å². The second-order valence-electron chi connectivity index (χ2n) is 8.87. The molecule has 2 unspecified atom stereocenters. The van der Waals surface area contributed by atoms with E-state index >= 15 is 0 Å². The van der Waals surface area contributed by atoms with Crippen LogP contribution < -0.4 is 5.32 Å². The molecular weight excluding hydrogens is 386 g/mol. The number of piperazine rings is 1. The van der Waals surface area contributed by atoms with Crippen LogP contribution in [0.2, 0.25) is 0 Å². The van der Waals surface area contributed by atoms with Crippen LogP contribution in [0.5, 0.6) is 0 Å². The quantitative estimate of drug-likeness (QED) is 0.762. The molecular formula is C22H33N3O3S. The van der Waals surface area contributed by atoms with E-state index in [2.05, 4.69) is 27.2 Å². The van der Waals surface area contributed by atoms with Crippen molar-refractivity contribution in [1.29, 1.82) is 0 Å². The van der Waals surface area contributed by atoms with Crippen LogP contribution in [0.3, 0.4) is 0 Å². The molecule has 0 spiro atoms. The number of carbonyl (C=O) groups is 1. The van der Waals surface area contributed by atoms with Gasteiger partial charge in [-0.15, -0.1) is 0 Å². The van der Waals surface area contributed by atoms with Crippen molar-refractivity contribution in [2.45, 2.75) is 44.2 Å². The van der Waals surface area contributed by atoms with Crippen LogP contribution in [-0.2, 0) is 14.6 Å². The number of hydrogen-bond acceptors (Lipinski definition) is 5. The number of carbonyl (C=O) groups excluding carboxylic acids is 1. The van der Waals surface area contributed by atoms with Gasteiger partial charge in [-0.25, -0.2) is 8.42 Å². The molecule has 6 nitrogen and oxygen atoms in total. The lowest BCUT2D eigenvalue weighted by Gasteiger charge is -2.37. The van der Waals surface area contributed by atoms with Gasteiger partial charge in [0.1, 0.15) is 0 Å². The van der Waals surface area contributed by atoms with Gasteiger partial charge in [-0.1, -0.05) is 43.2 Å². The Labute approximate surface area is 174 Å². The molecule has 1 N–H and O–H groups in total. The Bertz CT molecular complexity index is 785. The summed E-state index contributed by atoms with van der Waals surface area (Å²) < 4.78 is 23.5. The van der Waals surface area contributed by atoms with Gasteiger partial charge in [0.05, 0.1) is 24.1 Å². The highest BCUT2D eigenvalue weighted by molar-refractivity contribution is 7.91. The Morgan fingerprint density at radius 1 is 1.03 bits per heavy atom. The number of sulfone groups is 1. The monoisotopic (exact) mass is 419 g/mol. The van der Waals surface area contributed by atoms with Gasteiger partial charge in [-0.2, -0.15) is 0 Å². The normalized spacial score (nSPS) is 27.1. The zero-order valence-electron chi connectivity index (χ0n) is 17.1. The van der Waals surface area contributed by atoms with Crippen LogP contribution in [0, 0.1) is 5.92 Å². The second kappa shape index (κ2) is 9.14. The molecule has 0 radical (unpaired) electrons. The van der Waals surface area contributed by atoms with Crippen molar-refractivity contribution in [3.63, 3.8) is 0 Å². The third-order valence-electron chi connectivity index (χ3n) is 6.85. The molecule has 4 rings (SSSR count). The first-order chi connectivity index (χ1) is 14.0. The summed E-state index contributed by atoms with van der Waals surface area (Å²) in [6.45, 7) is 3.76. The molecule has 160 valence electrons. The maximum absolute atomic E-state index is 12.8.